The van der Waals surface area contributed by atoms with Crippen LogP contribution in [0.15, 0.2) is 72.8 Å². The number of carbonyl (C=O) groups excluding carboxylic acids is 2. The number of benzene rings is 2. The molecule has 0 saturated heterocycles. The number of nitrogens with two attached hydrogens (primary N) is 2. The van der Waals surface area contributed by atoms with Gasteiger partial charge in [0.1, 0.15) is 0 Å². The fourth-order valence-corrected chi connectivity index (χ4v) is 4.59. The van der Waals surface area contributed by atoms with E-state index in [2.05, 4.69) is 13.8 Å². The lowest BCUT2D eigenvalue weighted by atomic mass is 10.1. The van der Waals surface area contributed by atoms with Crippen molar-refractivity contribution in [2.75, 3.05) is 37.7 Å². The molecule has 0 aliphatic carbocycles. The monoisotopic (exact) mass is 522 g/mol. The van der Waals surface area contributed by atoms with Crippen molar-refractivity contribution in [3.8, 4) is 0 Å². The number of amides is 2. The highest BCUT2D eigenvalue weighted by molar-refractivity contribution is 7.99. The molecule has 0 spiro atoms. The Balaban J connectivity index is 1.90. The van der Waals surface area contributed by atoms with Crippen molar-refractivity contribution in [2.24, 2.45) is 11.5 Å². The lowest BCUT2D eigenvalue weighted by Gasteiger charge is -2.23. The Morgan fingerprint density at radius 2 is 1.05 bits per heavy atom. The highest BCUT2D eigenvalue weighted by atomic mass is 32.2. The lowest BCUT2D eigenvalue weighted by Crippen LogP contribution is -2.34. The minimum Gasteiger partial charge on any atom is -0.398 e. The summed E-state index contributed by atoms with van der Waals surface area (Å²) < 4.78 is 0. The van der Waals surface area contributed by atoms with Gasteiger partial charge in [-0.15, -0.1) is 0 Å². The summed E-state index contributed by atoms with van der Waals surface area (Å²) in [4.78, 5) is 29.6. The van der Waals surface area contributed by atoms with Crippen LogP contribution in [0, 0.1) is 0 Å². The average Bonchev–Trinajstić information content (AvgIpc) is 2.92. The number of carbonyl (C=O) groups is 2. The summed E-state index contributed by atoms with van der Waals surface area (Å²) in [5, 5.41) is 0. The molecule has 0 heterocycles. The normalized spacial score (nSPS) is 11.8. The molecule has 0 unspecified atom stereocenters. The van der Waals surface area contributed by atoms with Gasteiger partial charge in [0.15, 0.2) is 0 Å². The highest BCUT2D eigenvalue weighted by Crippen LogP contribution is 2.12. The van der Waals surface area contributed by atoms with Crippen molar-refractivity contribution in [3.05, 3.63) is 83.9 Å². The first-order chi connectivity index (χ1) is 18.0. The molecule has 0 fully saturated rings. The van der Waals surface area contributed by atoms with E-state index in [1.165, 1.54) is 12.2 Å². The molecule has 0 bridgehead atoms. The van der Waals surface area contributed by atoms with Crippen molar-refractivity contribution in [3.63, 3.8) is 0 Å². The van der Waals surface area contributed by atoms with Crippen LogP contribution in [0.4, 0.5) is 0 Å². The number of thioether (sulfide) groups is 1. The molecular formula is C30H42N4O2S. The van der Waals surface area contributed by atoms with Crippen LogP contribution in [0.5, 0.6) is 0 Å². The van der Waals surface area contributed by atoms with E-state index in [1.807, 2.05) is 70.5 Å². The highest BCUT2D eigenvalue weighted by Gasteiger charge is 2.14. The van der Waals surface area contributed by atoms with Gasteiger partial charge < -0.3 is 21.3 Å². The van der Waals surface area contributed by atoms with Gasteiger partial charge in [0.25, 0.3) is 0 Å². The first-order valence-corrected chi connectivity index (χ1v) is 14.3. The van der Waals surface area contributed by atoms with E-state index in [4.69, 9.17) is 11.5 Å². The Bertz CT molecular complexity index is 927. The molecule has 200 valence electrons. The molecule has 0 aliphatic rings. The van der Waals surface area contributed by atoms with Gasteiger partial charge in [0.2, 0.25) is 11.8 Å². The summed E-state index contributed by atoms with van der Waals surface area (Å²) in [5.41, 5.74) is 15.0. The number of hydrogen-bond acceptors (Lipinski definition) is 5. The van der Waals surface area contributed by atoms with E-state index in [-0.39, 0.29) is 11.8 Å². The second-order valence-corrected chi connectivity index (χ2v) is 10.1. The third-order valence-corrected chi connectivity index (χ3v) is 6.91. The fraction of sp³-hybridized carbons (Fsp3) is 0.400. The van der Waals surface area contributed by atoms with Gasteiger partial charge in [0.05, 0.1) is 0 Å². The summed E-state index contributed by atoms with van der Waals surface area (Å²) in [5.74, 6) is 1.48. The molecule has 0 saturated carbocycles. The molecule has 0 aromatic heterocycles. The summed E-state index contributed by atoms with van der Waals surface area (Å²) in [7, 11) is 0. The van der Waals surface area contributed by atoms with Crippen molar-refractivity contribution in [1.82, 2.24) is 9.80 Å². The molecule has 2 rings (SSSR count). The summed E-state index contributed by atoms with van der Waals surface area (Å²) in [6.45, 7) is 6.94. The summed E-state index contributed by atoms with van der Waals surface area (Å²) in [6.07, 6.45) is 6.99. The molecule has 0 aliphatic heterocycles. The van der Waals surface area contributed by atoms with E-state index in [0.717, 1.165) is 48.3 Å². The molecule has 0 radical (unpaired) electrons. The van der Waals surface area contributed by atoms with E-state index in [0.29, 0.717) is 37.6 Å². The number of rotatable bonds is 16. The topological polar surface area (TPSA) is 92.7 Å². The van der Waals surface area contributed by atoms with Crippen LogP contribution in [0.1, 0.15) is 50.7 Å². The minimum atomic E-state index is -0.0586. The maximum Gasteiger partial charge on any atom is 0.248 e. The van der Waals surface area contributed by atoms with Gasteiger partial charge in [0, 0.05) is 61.2 Å². The predicted molar refractivity (Wildman–Crippen MR) is 158 cm³/mol. The van der Waals surface area contributed by atoms with Gasteiger partial charge in [-0.1, -0.05) is 87.4 Å². The van der Waals surface area contributed by atoms with Gasteiger partial charge >= 0.3 is 0 Å². The Morgan fingerprint density at radius 3 is 1.41 bits per heavy atom. The first kappa shape index (κ1) is 30.0. The maximum absolute atomic E-state index is 12.9. The predicted octanol–water partition coefficient (Wildman–Crippen LogP) is 4.98. The summed E-state index contributed by atoms with van der Waals surface area (Å²) in [6, 6.07) is 19.1. The zero-order valence-electron chi connectivity index (χ0n) is 22.3. The van der Waals surface area contributed by atoms with Crippen LogP contribution in [-0.4, -0.2) is 59.3 Å². The molecule has 37 heavy (non-hydrogen) atoms. The van der Waals surface area contributed by atoms with E-state index < -0.39 is 0 Å². The van der Waals surface area contributed by atoms with Crippen LogP contribution >= 0.6 is 11.8 Å². The Morgan fingerprint density at radius 1 is 0.676 bits per heavy atom. The molecule has 2 aromatic carbocycles. The molecule has 2 amide bonds. The quantitative estimate of drug-likeness (QED) is 0.240. The Labute approximate surface area is 226 Å². The number of unbranched alkanes of at least 4 members (excludes halogenated alkanes) is 2. The van der Waals surface area contributed by atoms with Crippen LogP contribution in [-0.2, 0) is 9.59 Å². The summed E-state index contributed by atoms with van der Waals surface area (Å²) >= 11 is 1.75. The second-order valence-electron chi connectivity index (χ2n) is 8.90. The van der Waals surface area contributed by atoms with Crippen molar-refractivity contribution in [1.29, 1.82) is 0 Å². The second kappa shape index (κ2) is 17.3. The Kier molecular flexibility index (Phi) is 14.0. The van der Waals surface area contributed by atoms with E-state index in [1.54, 1.807) is 11.8 Å². The zero-order chi connectivity index (χ0) is 26.9. The van der Waals surface area contributed by atoms with Gasteiger partial charge in [-0.2, -0.15) is 11.8 Å². The fourth-order valence-electron chi connectivity index (χ4n) is 3.69. The van der Waals surface area contributed by atoms with Crippen molar-refractivity contribution >= 4 is 35.0 Å². The van der Waals surface area contributed by atoms with Gasteiger partial charge in [-0.25, -0.2) is 0 Å². The molecular weight excluding hydrogens is 480 g/mol. The van der Waals surface area contributed by atoms with E-state index in [9.17, 15) is 9.59 Å². The van der Waals surface area contributed by atoms with Crippen molar-refractivity contribution < 1.29 is 9.59 Å². The molecule has 4 N–H and O–H groups in total. The van der Waals surface area contributed by atoms with E-state index >= 15 is 0 Å². The van der Waals surface area contributed by atoms with Gasteiger partial charge in [-0.05, 0) is 24.0 Å². The lowest BCUT2D eigenvalue weighted by molar-refractivity contribution is -0.126. The standard InChI is InChI=1S/C30H42N4O2S/c1-3-5-17-33(29(35)23-27(31)25-13-9-7-10-14-25)19-21-37-22-20-34(18-6-4-2)30(36)24-28(32)26-15-11-8-12-16-26/h7-16,23-24H,3-6,17-22,31-32H2,1-2H3. The average molecular weight is 523 g/mol. The third-order valence-electron chi connectivity index (χ3n) is 5.97. The minimum absolute atomic E-state index is 0.0586. The molecule has 2 aromatic rings. The first-order valence-electron chi connectivity index (χ1n) is 13.2. The van der Waals surface area contributed by atoms with Crippen molar-refractivity contribution in [2.45, 2.75) is 39.5 Å². The van der Waals surface area contributed by atoms with Crippen LogP contribution < -0.4 is 11.5 Å². The number of nitrogens with zero attached hydrogens (tertiary/aromatic N) is 2. The molecule has 6 nitrogen and oxygen atoms in total. The molecule has 7 heteroatoms. The van der Waals surface area contributed by atoms with Crippen LogP contribution in [0.2, 0.25) is 0 Å². The number of hydrogen-bond donors (Lipinski definition) is 2. The SMILES string of the molecule is CCCCN(CCSCCN(CCCC)C(=O)C=C(N)c1ccccc1)C(=O)C=C(N)c1ccccc1. The molecule has 0 atom stereocenters. The zero-order valence-corrected chi connectivity index (χ0v) is 23.1. The van der Waals surface area contributed by atoms with Crippen LogP contribution in [0.25, 0.3) is 11.4 Å². The maximum atomic E-state index is 12.9. The Hall–Kier alpha value is -3.19. The van der Waals surface area contributed by atoms with Gasteiger partial charge in [-0.3, -0.25) is 9.59 Å². The largest absolute Gasteiger partial charge is 0.398 e. The third kappa shape index (κ3) is 11.2. The van der Waals surface area contributed by atoms with Crippen LogP contribution in [0.3, 0.4) is 0 Å². The smallest absolute Gasteiger partial charge is 0.248 e.